The topological polar surface area (TPSA) is 23.8 Å². The minimum atomic E-state index is 0.484. The number of fused-ring (bicyclic) bond motifs is 1. The highest BCUT2D eigenvalue weighted by molar-refractivity contribution is 9.10. The van der Waals surface area contributed by atoms with Gasteiger partial charge in [-0.15, -0.1) is 0 Å². The van der Waals surface area contributed by atoms with Gasteiger partial charge in [-0.1, -0.05) is 35.9 Å². The van der Waals surface area contributed by atoms with Crippen LogP contribution < -0.4 is 0 Å². The van der Waals surface area contributed by atoms with Gasteiger partial charge in [0.15, 0.2) is 0 Å². The predicted molar refractivity (Wildman–Crippen MR) is 61.4 cm³/mol. The van der Waals surface area contributed by atoms with Crippen LogP contribution in [0.5, 0.6) is 0 Å². The normalized spacial score (nSPS) is 10.1. The first-order chi connectivity index (χ1) is 6.74. The van der Waals surface area contributed by atoms with E-state index in [2.05, 4.69) is 22.0 Å². The van der Waals surface area contributed by atoms with Crippen LogP contribution in [0.1, 0.15) is 5.56 Å². The summed E-state index contributed by atoms with van der Waals surface area (Å²) >= 11 is 9.34. The summed E-state index contributed by atoms with van der Waals surface area (Å²) in [6, 6.07) is 11.7. The molecule has 0 aliphatic rings. The Bertz CT molecular complexity index is 543. The highest BCUT2D eigenvalue weighted by atomic mass is 79.9. The average Bonchev–Trinajstić information content (AvgIpc) is 2.18. The van der Waals surface area contributed by atoms with Gasteiger partial charge in [0.1, 0.15) is 6.07 Å². The molecule has 1 nitrogen and oxygen atoms in total. The molecule has 0 bridgehead atoms. The van der Waals surface area contributed by atoms with Crippen molar-refractivity contribution in [1.29, 1.82) is 5.26 Å². The Morgan fingerprint density at radius 1 is 1.29 bits per heavy atom. The van der Waals surface area contributed by atoms with Crippen LogP contribution in [-0.4, -0.2) is 0 Å². The van der Waals surface area contributed by atoms with Crippen molar-refractivity contribution in [2.75, 3.05) is 0 Å². The molecule has 0 heterocycles. The number of hydrogen-bond donors (Lipinski definition) is 0. The van der Waals surface area contributed by atoms with E-state index in [0.29, 0.717) is 10.6 Å². The fourth-order valence-electron chi connectivity index (χ4n) is 1.37. The molecule has 0 amide bonds. The summed E-state index contributed by atoms with van der Waals surface area (Å²) in [6.07, 6.45) is 0. The number of nitrogens with zero attached hydrogens (tertiary/aromatic N) is 1. The zero-order valence-electron chi connectivity index (χ0n) is 7.09. The van der Waals surface area contributed by atoms with Crippen molar-refractivity contribution < 1.29 is 0 Å². The van der Waals surface area contributed by atoms with Crippen molar-refractivity contribution in [3.05, 3.63) is 45.4 Å². The number of nitriles is 1. The van der Waals surface area contributed by atoms with Gasteiger partial charge in [0.05, 0.1) is 10.6 Å². The van der Waals surface area contributed by atoms with Crippen molar-refractivity contribution in [2.45, 2.75) is 0 Å². The zero-order valence-corrected chi connectivity index (χ0v) is 9.43. The summed E-state index contributed by atoms with van der Waals surface area (Å²) in [5.41, 5.74) is 0.491. The van der Waals surface area contributed by atoms with Gasteiger partial charge in [-0.3, -0.25) is 0 Å². The number of halogens is 2. The van der Waals surface area contributed by atoms with E-state index >= 15 is 0 Å². The van der Waals surface area contributed by atoms with Gasteiger partial charge in [-0.05, 0) is 32.8 Å². The first-order valence-corrected chi connectivity index (χ1v) is 5.18. The third kappa shape index (κ3) is 1.39. The first-order valence-electron chi connectivity index (χ1n) is 4.01. The molecule has 0 atom stereocenters. The lowest BCUT2D eigenvalue weighted by atomic mass is 10.1. The molecule has 2 rings (SSSR count). The second kappa shape index (κ2) is 3.61. The minimum Gasteiger partial charge on any atom is -0.192 e. The van der Waals surface area contributed by atoms with Gasteiger partial charge in [-0.2, -0.15) is 5.26 Å². The maximum atomic E-state index is 8.89. The molecule has 2 aromatic rings. The molecular formula is C11H5BrClN. The second-order valence-electron chi connectivity index (χ2n) is 2.88. The monoisotopic (exact) mass is 265 g/mol. The van der Waals surface area contributed by atoms with Crippen LogP contribution in [0, 0.1) is 11.3 Å². The van der Waals surface area contributed by atoms with Gasteiger partial charge in [0.2, 0.25) is 0 Å². The standard InChI is InChI=1S/C11H5BrClN/c12-11-8-4-2-1-3-7(8)5-10(13)9(11)6-14/h1-5H. The summed E-state index contributed by atoms with van der Waals surface area (Å²) in [5.74, 6) is 0. The summed E-state index contributed by atoms with van der Waals surface area (Å²) in [5, 5.41) is 11.4. The van der Waals surface area contributed by atoms with Gasteiger partial charge < -0.3 is 0 Å². The Morgan fingerprint density at radius 2 is 2.00 bits per heavy atom. The van der Waals surface area contributed by atoms with Crippen molar-refractivity contribution in [3.63, 3.8) is 0 Å². The van der Waals surface area contributed by atoms with Crippen LogP contribution >= 0.6 is 27.5 Å². The number of benzene rings is 2. The van der Waals surface area contributed by atoms with E-state index in [-0.39, 0.29) is 0 Å². The molecule has 68 valence electrons. The molecule has 0 saturated carbocycles. The highest BCUT2D eigenvalue weighted by Gasteiger charge is 2.08. The van der Waals surface area contributed by atoms with E-state index in [9.17, 15) is 0 Å². The molecule has 14 heavy (non-hydrogen) atoms. The zero-order chi connectivity index (χ0) is 10.1. The first kappa shape index (κ1) is 9.51. The van der Waals surface area contributed by atoms with Crippen LogP contribution in [0.2, 0.25) is 5.02 Å². The van der Waals surface area contributed by atoms with Crippen LogP contribution in [-0.2, 0) is 0 Å². The Labute approximate surface area is 95.0 Å². The molecule has 0 aliphatic heterocycles. The van der Waals surface area contributed by atoms with Crippen LogP contribution in [0.25, 0.3) is 10.8 Å². The summed E-state index contributed by atoms with van der Waals surface area (Å²) in [7, 11) is 0. The third-order valence-electron chi connectivity index (χ3n) is 2.05. The molecule has 0 aromatic heterocycles. The third-order valence-corrected chi connectivity index (χ3v) is 3.17. The van der Waals surface area contributed by atoms with E-state index < -0.39 is 0 Å². The fourth-order valence-corrected chi connectivity index (χ4v) is 2.41. The summed E-state index contributed by atoms with van der Waals surface area (Å²) in [4.78, 5) is 0. The van der Waals surface area contributed by atoms with Gasteiger partial charge in [0.25, 0.3) is 0 Å². The number of hydrogen-bond acceptors (Lipinski definition) is 1. The van der Waals surface area contributed by atoms with Crippen LogP contribution in [0.15, 0.2) is 34.8 Å². The van der Waals surface area contributed by atoms with E-state index in [1.807, 2.05) is 24.3 Å². The van der Waals surface area contributed by atoms with E-state index in [1.54, 1.807) is 6.07 Å². The maximum Gasteiger partial charge on any atom is 0.102 e. The molecule has 0 unspecified atom stereocenters. The Morgan fingerprint density at radius 3 is 2.71 bits per heavy atom. The lowest BCUT2D eigenvalue weighted by Crippen LogP contribution is -1.82. The Hall–Kier alpha value is -1.04. The van der Waals surface area contributed by atoms with Crippen LogP contribution in [0.4, 0.5) is 0 Å². The second-order valence-corrected chi connectivity index (χ2v) is 4.08. The molecule has 0 aliphatic carbocycles. The SMILES string of the molecule is N#Cc1c(Cl)cc2ccccc2c1Br. The number of rotatable bonds is 0. The Balaban J connectivity index is 2.95. The smallest absolute Gasteiger partial charge is 0.102 e. The quantitative estimate of drug-likeness (QED) is 0.703. The molecule has 0 radical (unpaired) electrons. The maximum absolute atomic E-state index is 8.89. The molecular weight excluding hydrogens is 261 g/mol. The molecule has 0 spiro atoms. The molecule has 0 saturated heterocycles. The van der Waals surface area contributed by atoms with Crippen LogP contribution in [0.3, 0.4) is 0 Å². The van der Waals surface area contributed by atoms with E-state index in [4.69, 9.17) is 16.9 Å². The van der Waals surface area contributed by atoms with E-state index in [1.165, 1.54) is 0 Å². The molecule has 0 fully saturated rings. The Kier molecular flexibility index (Phi) is 2.45. The van der Waals surface area contributed by atoms with Gasteiger partial charge >= 0.3 is 0 Å². The average molecular weight is 267 g/mol. The highest BCUT2D eigenvalue weighted by Crippen LogP contribution is 2.32. The van der Waals surface area contributed by atoms with E-state index in [0.717, 1.165) is 15.2 Å². The fraction of sp³-hybridized carbons (Fsp3) is 0. The van der Waals surface area contributed by atoms with Crippen molar-refractivity contribution in [2.24, 2.45) is 0 Å². The predicted octanol–water partition coefficient (Wildman–Crippen LogP) is 4.13. The van der Waals surface area contributed by atoms with Crippen molar-refractivity contribution in [1.82, 2.24) is 0 Å². The van der Waals surface area contributed by atoms with Gasteiger partial charge in [0, 0.05) is 4.47 Å². The molecule has 0 N–H and O–H groups in total. The largest absolute Gasteiger partial charge is 0.192 e. The lowest BCUT2D eigenvalue weighted by Gasteiger charge is -2.04. The lowest BCUT2D eigenvalue weighted by molar-refractivity contribution is 1.48. The molecule has 2 aromatic carbocycles. The minimum absolute atomic E-state index is 0.484. The van der Waals surface area contributed by atoms with Crippen molar-refractivity contribution in [3.8, 4) is 6.07 Å². The molecule has 3 heteroatoms. The van der Waals surface area contributed by atoms with Crippen molar-refractivity contribution >= 4 is 38.3 Å². The summed E-state index contributed by atoms with van der Waals surface area (Å²) < 4.78 is 0.767. The summed E-state index contributed by atoms with van der Waals surface area (Å²) in [6.45, 7) is 0. The van der Waals surface area contributed by atoms with Gasteiger partial charge in [-0.25, -0.2) is 0 Å².